The highest BCUT2D eigenvalue weighted by Gasteiger charge is 2.33. The number of likely N-dealkylation sites (N-methyl/N-ethyl adjacent to an activating group) is 1. The molecule has 1 aliphatic heterocycles. The number of ether oxygens (including phenoxy) is 1. The molecule has 1 saturated carbocycles. The lowest BCUT2D eigenvalue weighted by Gasteiger charge is -2.36. The minimum Gasteiger partial charge on any atom is -0.472 e. The lowest BCUT2D eigenvalue weighted by molar-refractivity contribution is 0.0404. The lowest BCUT2D eigenvalue weighted by Crippen LogP contribution is -2.49. The predicted molar refractivity (Wildman–Crippen MR) is 113 cm³/mol. The van der Waals surface area contributed by atoms with Crippen LogP contribution in [-0.2, 0) is 0 Å². The molecule has 1 amide bonds. The average Bonchev–Trinajstić information content (AvgIpc) is 2.75. The van der Waals surface area contributed by atoms with Crippen LogP contribution >= 0.6 is 0 Å². The lowest BCUT2D eigenvalue weighted by atomic mass is 9.90. The van der Waals surface area contributed by atoms with Crippen LogP contribution < -0.4 is 10.1 Å². The van der Waals surface area contributed by atoms with Gasteiger partial charge < -0.3 is 20.1 Å². The SMILES string of the molecule is CNC[C@@H]1Oc2ncc(C#CC3CCCCC3)cc2C(=O)N([C@H](C)CO)C[C@@H]1C. The number of amides is 1. The molecular weight excluding hydrogens is 366 g/mol. The molecule has 158 valence electrons. The van der Waals surface area contributed by atoms with Gasteiger partial charge in [0.15, 0.2) is 0 Å². The van der Waals surface area contributed by atoms with Gasteiger partial charge in [-0.05, 0) is 32.9 Å². The van der Waals surface area contributed by atoms with E-state index in [2.05, 4.69) is 29.1 Å². The Hall–Kier alpha value is -2.10. The van der Waals surface area contributed by atoms with E-state index in [0.29, 0.717) is 30.5 Å². The van der Waals surface area contributed by atoms with Crippen molar-refractivity contribution in [2.45, 2.75) is 58.1 Å². The molecule has 0 radical (unpaired) electrons. The zero-order valence-electron chi connectivity index (χ0n) is 17.8. The highest BCUT2D eigenvalue weighted by molar-refractivity contribution is 5.97. The van der Waals surface area contributed by atoms with Crippen molar-refractivity contribution < 1.29 is 14.6 Å². The zero-order chi connectivity index (χ0) is 20.8. The Bertz CT molecular complexity index is 764. The summed E-state index contributed by atoms with van der Waals surface area (Å²) in [6.07, 6.45) is 7.67. The fourth-order valence-corrected chi connectivity index (χ4v) is 4.05. The minimum atomic E-state index is -0.275. The molecule has 2 heterocycles. The summed E-state index contributed by atoms with van der Waals surface area (Å²) in [6.45, 7) is 5.01. The largest absolute Gasteiger partial charge is 0.472 e. The van der Waals surface area contributed by atoms with Gasteiger partial charge in [0.1, 0.15) is 11.7 Å². The standard InChI is InChI=1S/C23H33N3O3/c1-16-14-26(17(2)15-27)23(28)20-11-19(10-9-18-7-5-4-6-8-18)12-25-22(20)29-21(16)13-24-3/h11-12,16-18,21,24,27H,4-8,13-15H2,1-3H3/t16-,17+,21-/m0/s1. The average molecular weight is 400 g/mol. The number of pyridine rings is 1. The Kier molecular flexibility index (Phi) is 7.51. The summed E-state index contributed by atoms with van der Waals surface area (Å²) in [5.74, 6) is 7.31. The van der Waals surface area contributed by atoms with E-state index in [-0.39, 0.29) is 30.6 Å². The van der Waals surface area contributed by atoms with Gasteiger partial charge >= 0.3 is 0 Å². The molecule has 1 aromatic rings. The van der Waals surface area contributed by atoms with E-state index in [1.54, 1.807) is 17.2 Å². The molecule has 1 aromatic heterocycles. The maximum absolute atomic E-state index is 13.3. The fourth-order valence-electron chi connectivity index (χ4n) is 4.05. The normalized spacial score (nSPS) is 23.9. The van der Waals surface area contributed by atoms with Crippen molar-refractivity contribution >= 4 is 5.91 Å². The van der Waals surface area contributed by atoms with Crippen LogP contribution in [-0.4, -0.2) is 59.8 Å². The summed E-state index contributed by atoms with van der Waals surface area (Å²) < 4.78 is 6.14. The second-order valence-electron chi connectivity index (χ2n) is 8.36. The molecule has 1 aliphatic carbocycles. The van der Waals surface area contributed by atoms with E-state index >= 15 is 0 Å². The third-order valence-corrected chi connectivity index (χ3v) is 5.95. The summed E-state index contributed by atoms with van der Waals surface area (Å²) in [4.78, 5) is 19.5. The van der Waals surface area contributed by atoms with Crippen LogP contribution in [0, 0.1) is 23.7 Å². The molecular formula is C23H33N3O3. The Morgan fingerprint density at radius 2 is 2.14 bits per heavy atom. The number of nitrogens with one attached hydrogen (secondary N) is 1. The van der Waals surface area contributed by atoms with Crippen LogP contribution in [0.25, 0.3) is 0 Å². The molecule has 29 heavy (non-hydrogen) atoms. The number of aliphatic hydroxyl groups excluding tert-OH is 1. The zero-order valence-corrected chi connectivity index (χ0v) is 17.8. The van der Waals surface area contributed by atoms with Gasteiger partial charge in [-0.3, -0.25) is 4.79 Å². The Morgan fingerprint density at radius 1 is 1.38 bits per heavy atom. The molecule has 0 bridgehead atoms. The molecule has 0 spiro atoms. The molecule has 2 N–H and O–H groups in total. The second kappa shape index (κ2) is 10.1. The number of fused-ring (bicyclic) bond motifs is 1. The van der Waals surface area contributed by atoms with Crippen LogP contribution in [0.2, 0.25) is 0 Å². The second-order valence-corrected chi connectivity index (χ2v) is 8.36. The van der Waals surface area contributed by atoms with Gasteiger partial charge in [-0.25, -0.2) is 4.98 Å². The fraction of sp³-hybridized carbons (Fsp3) is 0.652. The minimum absolute atomic E-state index is 0.0834. The van der Waals surface area contributed by atoms with Gasteiger partial charge in [0.05, 0.1) is 12.6 Å². The third kappa shape index (κ3) is 5.29. The Labute approximate surface area is 174 Å². The number of hydrogen-bond acceptors (Lipinski definition) is 5. The van der Waals surface area contributed by atoms with Gasteiger partial charge in [0, 0.05) is 36.7 Å². The highest BCUT2D eigenvalue weighted by Crippen LogP contribution is 2.27. The monoisotopic (exact) mass is 399 g/mol. The number of carbonyl (C=O) groups is 1. The summed E-state index contributed by atoms with van der Waals surface area (Å²) in [6, 6.07) is 1.52. The van der Waals surface area contributed by atoms with E-state index in [1.807, 2.05) is 14.0 Å². The van der Waals surface area contributed by atoms with Crippen LogP contribution in [0.5, 0.6) is 5.88 Å². The van der Waals surface area contributed by atoms with E-state index in [9.17, 15) is 9.90 Å². The van der Waals surface area contributed by atoms with Crippen LogP contribution in [0.4, 0.5) is 0 Å². The number of hydrogen-bond donors (Lipinski definition) is 2. The first kappa shape index (κ1) is 21.6. The van der Waals surface area contributed by atoms with Gasteiger partial charge in [-0.1, -0.05) is 38.0 Å². The van der Waals surface area contributed by atoms with E-state index < -0.39 is 0 Å². The van der Waals surface area contributed by atoms with Gasteiger partial charge in [-0.15, -0.1) is 0 Å². The summed E-state index contributed by atoms with van der Waals surface area (Å²) >= 11 is 0. The Morgan fingerprint density at radius 3 is 2.83 bits per heavy atom. The van der Waals surface area contributed by atoms with Gasteiger partial charge in [0.2, 0.25) is 5.88 Å². The Balaban J connectivity index is 1.93. The summed E-state index contributed by atoms with van der Waals surface area (Å²) in [5.41, 5.74) is 1.16. The molecule has 1 fully saturated rings. The number of aliphatic hydroxyl groups is 1. The molecule has 0 aromatic carbocycles. The maximum Gasteiger partial charge on any atom is 0.259 e. The van der Waals surface area contributed by atoms with Crippen LogP contribution in [0.3, 0.4) is 0 Å². The molecule has 3 atom stereocenters. The predicted octanol–water partition coefficient (Wildman–Crippen LogP) is 2.45. The number of rotatable bonds is 4. The molecule has 2 aliphatic rings. The first-order valence-electron chi connectivity index (χ1n) is 10.8. The smallest absolute Gasteiger partial charge is 0.259 e. The number of aromatic nitrogens is 1. The van der Waals surface area contributed by atoms with Crippen LogP contribution in [0.1, 0.15) is 61.9 Å². The van der Waals surface area contributed by atoms with Crippen molar-refractivity contribution in [3.63, 3.8) is 0 Å². The van der Waals surface area contributed by atoms with Crippen molar-refractivity contribution in [3.05, 3.63) is 23.4 Å². The molecule has 6 heteroatoms. The van der Waals surface area contributed by atoms with E-state index in [0.717, 1.165) is 18.4 Å². The van der Waals surface area contributed by atoms with Crippen molar-refractivity contribution in [3.8, 4) is 17.7 Å². The quantitative estimate of drug-likeness (QED) is 0.761. The van der Waals surface area contributed by atoms with Crippen molar-refractivity contribution in [1.82, 2.24) is 15.2 Å². The first-order chi connectivity index (χ1) is 14.0. The maximum atomic E-state index is 13.3. The van der Waals surface area contributed by atoms with Crippen molar-refractivity contribution in [1.29, 1.82) is 0 Å². The molecule has 0 unspecified atom stereocenters. The van der Waals surface area contributed by atoms with Crippen molar-refractivity contribution in [2.24, 2.45) is 11.8 Å². The first-order valence-corrected chi connectivity index (χ1v) is 10.8. The molecule has 6 nitrogen and oxygen atoms in total. The van der Waals surface area contributed by atoms with Gasteiger partial charge in [0.25, 0.3) is 5.91 Å². The molecule has 0 saturated heterocycles. The highest BCUT2D eigenvalue weighted by atomic mass is 16.5. The summed E-state index contributed by atoms with van der Waals surface area (Å²) in [5, 5.41) is 12.8. The van der Waals surface area contributed by atoms with E-state index in [1.165, 1.54) is 19.3 Å². The number of nitrogens with zero attached hydrogens (tertiary/aromatic N) is 2. The molecule has 3 rings (SSSR count). The van der Waals surface area contributed by atoms with E-state index in [4.69, 9.17) is 4.74 Å². The van der Waals surface area contributed by atoms with Gasteiger partial charge in [-0.2, -0.15) is 0 Å². The summed E-state index contributed by atoms with van der Waals surface area (Å²) in [7, 11) is 1.88. The van der Waals surface area contributed by atoms with Crippen molar-refractivity contribution in [2.75, 3.05) is 26.7 Å². The van der Waals surface area contributed by atoms with Crippen LogP contribution in [0.15, 0.2) is 12.3 Å². The number of carbonyl (C=O) groups excluding carboxylic acids is 1. The third-order valence-electron chi connectivity index (χ3n) is 5.95. The topological polar surface area (TPSA) is 74.7 Å².